The van der Waals surface area contributed by atoms with Gasteiger partial charge in [0.2, 0.25) is 0 Å². The van der Waals surface area contributed by atoms with E-state index in [0.717, 1.165) is 31.0 Å². The summed E-state index contributed by atoms with van der Waals surface area (Å²) in [5, 5.41) is 10.8. The molecule has 24 heavy (non-hydrogen) atoms. The zero-order chi connectivity index (χ0) is 16.5. The summed E-state index contributed by atoms with van der Waals surface area (Å²) in [5.41, 5.74) is 0.972. The molecule has 0 aliphatic carbocycles. The Hall–Kier alpha value is -1.64. The molecule has 2 aromatic rings. The predicted octanol–water partition coefficient (Wildman–Crippen LogP) is 2.68. The number of aliphatic imine (C=N–C) groups is 1. The number of guanidine groups is 1. The van der Waals surface area contributed by atoms with Crippen LogP contribution in [0.2, 0.25) is 0 Å². The summed E-state index contributed by atoms with van der Waals surface area (Å²) in [5.74, 6) is 0.989. The maximum atomic E-state index is 13.1. The molecule has 0 amide bonds. The molecule has 0 saturated heterocycles. The van der Waals surface area contributed by atoms with Crippen LogP contribution in [0.4, 0.5) is 4.39 Å². The topological polar surface area (TPSA) is 54.2 Å². The van der Waals surface area contributed by atoms with E-state index < -0.39 is 0 Å². The van der Waals surface area contributed by atoms with Crippen LogP contribution >= 0.6 is 24.0 Å². The van der Waals surface area contributed by atoms with E-state index in [-0.39, 0.29) is 29.8 Å². The lowest BCUT2D eigenvalue weighted by Gasteiger charge is -2.16. The van der Waals surface area contributed by atoms with Crippen LogP contribution in [-0.4, -0.2) is 35.9 Å². The van der Waals surface area contributed by atoms with E-state index in [9.17, 15) is 4.39 Å². The molecule has 0 saturated carbocycles. The molecule has 1 heterocycles. The van der Waals surface area contributed by atoms with Crippen molar-refractivity contribution >= 4 is 29.9 Å². The van der Waals surface area contributed by atoms with Crippen LogP contribution in [0.5, 0.6) is 0 Å². The normalized spacial score (nSPS) is 12.4. The summed E-state index contributed by atoms with van der Waals surface area (Å²) in [6, 6.07) is 8.59. The van der Waals surface area contributed by atoms with E-state index in [0.29, 0.717) is 12.5 Å². The Balaban J connectivity index is 0.00000288. The highest BCUT2D eigenvalue weighted by Gasteiger charge is 2.05. The summed E-state index contributed by atoms with van der Waals surface area (Å²) in [6.07, 6.45) is 4.50. The molecule has 2 N–H and O–H groups in total. The Morgan fingerprint density at radius 2 is 2.17 bits per heavy atom. The smallest absolute Gasteiger partial charge is 0.190 e. The van der Waals surface area contributed by atoms with E-state index in [1.807, 2.05) is 23.0 Å². The molecule has 2 rings (SSSR count). The fourth-order valence-corrected chi connectivity index (χ4v) is 2.30. The number of hydrogen-bond acceptors (Lipinski definition) is 2. The molecular formula is C17H25FIN5. The first-order valence-corrected chi connectivity index (χ1v) is 7.83. The Bertz CT molecular complexity index is 615. The van der Waals surface area contributed by atoms with Gasteiger partial charge in [-0.05, 0) is 36.1 Å². The number of rotatable bonds is 7. The molecule has 0 radical (unpaired) electrons. The van der Waals surface area contributed by atoms with Gasteiger partial charge in [0.05, 0.1) is 0 Å². The fourth-order valence-electron chi connectivity index (χ4n) is 2.30. The second-order valence-electron chi connectivity index (χ2n) is 5.59. The minimum Gasteiger partial charge on any atom is -0.356 e. The number of nitrogens with one attached hydrogen (secondary N) is 2. The zero-order valence-electron chi connectivity index (χ0n) is 14.1. The lowest BCUT2D eigenvalue weighted by Crippen LogP contribution is -2.40. The van der Waals surface area contributed by atoms with Crippen molar-refractivity contribution < 1.29 is 4.39 Å². The van der Waals surface area contributed by atoms with Gasteiger partial charge < -0.3 is 10.6 Å². The standard InChI is InChI=1S/C17H24FN5.HI/c1-14(13-23-10-4-8-22-23)12-21-17(19-2)20-9-7-15-5-3-6-16(18)11-15;/h3-6,8,10-11,14H,7,9,12-13H2,1-2H3,(H2,19,20,21);1H. The van der Waals surface area contributed by atoms with Gasteiger partial charge in [0.1, 0.15) is 5.82 Å². The van der Waals surface area contributed by atoms with Crippen molar-refractivity contribution in [2.75, 3.05) is 20.1 Å². The molecule has 1 aromatic heterocycles. The molecule has 0 bridgehead atoms. The summed E-state index contributed by atoms with van der Waals surface area (Å²) in [6.45, 7) is 4.53. The SMILES string of the molecule is CN=C(NCCc1cccc(F)c1)NCC(C)Cn1cccn1.I. The van der Waals surface area contributed by atoms with Crippen molar-refractivity contribution in [2.45, 2.75) is 19.9 Å². The van der Waals surface area contributed by atoms with Crippen molar-refractivity contribution in [3.05, 3.63) is 54.1 Å². The van der Waals surface area contributed by atoms with E-state index in [1.165, 1.54) is 6.07 Å². The van der Waals surface area contributed by atoms with Crippen LogP contribution in [0.1, 0.15) is 12.5 Å². The molecular weight excluding hydrogens is 420 g/mol. The molecule has 1 unspecified atom stereocenters. The van der Waals surface area contributed by atoms with Gasteiger partial charge in [-0.15, -0.1) is 24.0 Å². The second-order valence-corrected chi connectivity index (χ2v) is 5.59. The first kappa shape index (κ1) is 20.4. The molecule has 7 heteroatoms. The Morgan fingerprint density at radius 3 is 2.83 bits per heavy atom. The largest absolute Gasteiger partial charge is 0.356 e. The lowest BCUT2D eigenvalue weighted by atomic mass is 10.1. The molecule has 132 valence electrons. The van der Waals surface area contributed by atoms with Crippen molar-refractivity contribution in [1.82, 2.24) is 20.4 Å². The number of hydrogen-bond donors (Lipinski definition) is 2. The third-order valence-corrected chi connectivity index (χ3v) is 3.49. The summed E-state index contributed by atoms with van der Waals surface area (Å²) >= 11 is 0. The van der Waals surface area contributed by atoms with Gasteiger partial charge in [-0.25, -0.2) is 4.39 Å². The third kappa shape index (κ3) is 7.29. The minimum absolute atomic E-state index is 0. The van der Waals surface area contributed by atoms with Gasteiger partial charge in [-0.1, -0.05) is 19.1 Å². The number of benzene rings is 1. The Morgan fingerprint density at radius 1 is 1.33 bits per heavy atom. The zero-order valence-corrected chi connectivity index (χ0v) is 16.4. The summed E-state index contributed by atoms with van der Waals surface area (Å²) in [7, 11) is 1.75. The molecule has 0 aliphatic heterocycles. The molecule has 0 fully saturated rings. The second kappa shape index (κ2) is 11.0. The Labute approximate surface area is 159 Å². The van der Waals surface area contributed by atoms with Gasteiger partial charge in [0, 0.05) is 39.1 Å². The van der Waals surface area contributed by atoms with Crippen LogP contribution < -0.4 is 10.6 Å². The van der Waals surface area contributed by atoms with E-state index >= 15 is 0 Å². The summed E-state index contributed by atoms with van der Waals surface area (Å²) < 4.78 is 15.0. The van der Waals surface area contributed by atoms with Crippen molar-refractivity contribution in [2.24, 2.45) is 10.9 Å². The average Bonchev–Trinajstić information content (AvgIpc) is 3.03. The molecule has 5 nitrogen and oxygen atoms in total. The van der Waals surface area contributed by atoms with Crippen molar-refractivity contribution in [3.8, 4) is 0 Å². The molecule has 1 atom stereocenters. The minimum atomic E-state index is -0.197. The van der Waals surface area contributed by atoms with Crippen LogP contribution in [0, 0.1) is 11.7 Å². The van der Waals surface area contributed by atoms with Gasteiger partial charge in [-0.3, -0.25) is 9.67 Å². The Kier molecular flexibility index (Phi) is 9.36. The lowest BCUT2D eigenvalue weighted by molar-refractivity contribution is 0.443. The number of aromatic nitrogens is 2. The summed E-state index contributed by atoms with van der Waals surface area (Å²) in [4.78, 5) is 4.20. The molecule has 0 spiro atoms. The fraction of sp³-hybridized carbons (Fsp3) is 0.412. The highest BCUT2D eigenvalue weighted by molar-refractivity contribution is 14.0. The molecule has 0 aliphatic rings. The highest BCUT2D eigenvalue weighted by Crippen LogP contribution is 2.03. The van der Waals surface area contributed by atoms with Crippen LogP contribution in [0.3, 0.4) is 0 Å². The van der Waals surface area contributed by atoms with E-state index in [4.69, 9.17) is 0 Å². The maximum Gasteiger partial charge on any atom is 0.190 e. The first-order chi connectivity index (χ1) is 11.2. The monoisotopic (exact) mass is 445 g/mol. The van der Waals surface area contributed by atoms with E-state index in [2.05, 4.69) is 27.6 Å². The van der Waals surface area contributed by atoms with E-state index in [1.54, 1.807) is 25.4 Å². The molecule has 1 aromatic carbocycles. The van der Waals surface area contributed by atoms with Gasteiger partial charge in [-0.2, -0.15) is 5.10 Å². The van der Waals surface area contributed by atoms with Gasteiger partial charge in [0.15, 0.2) is 5.96 Å². The quantitative estimate of drug-likeness (QED) is 0.392. The van der Waals surface area contributed by atoms with Crippen LogP contribution in [0.25, 0.3) is 0 Å². The average molecular weight is 445 g/mol. The number of halogens is 2. The van der Waals surface area contributed by atoms with Crippen molar-refractivity contribution in [3.63, 3.8) is 0 Å². The van der Waals surface area contributed by atoms with Crippen molar-refractivity contribution in [1.29, 1.82) is 0 Å². The maximum absolute atomic E-state index is 13.1. The van der Waals surface area contributed by atoms with Crippen LogP contribution in [0.15, 0.2) is 47.7 Å². The van der Waals surface area contributed by atoms with Gasteiger partial charge >= 0.3 is 0 Å². The number of nitrogens with zero attached hydrogens (tertiary/aromatic N) is 3. The third-order valence-electron chi connectivity index (χ3n) is 3.49. The van der Waals surface area contributed by atoms with Gasteiger partial charge in [0.25, 0.3) is 0 Å². The highest BCUT2D eigenvalue weighted by atomic mass is 127. The van der Waals surface area contributed by atoms with Crippen LogP contribution in [-0.2, 0) is 13.0 Å². The first-order valence-electron chi connectivity index (χ1n) is 7.83. The predicted molar refractivity (Wildman–Crippen MR) is 106 cm³/mol.